The predicted molar refractivity (Wildman–Crippen MR) is 108 cm³/mol. The van der Waals surface area contributed by atoms with Gasteiger partial charge in [0.05, 0.1) is 5.01 Å². The molecule has 0 aromatic carbocycles. The lowest BCUT2D eigenvalue weighted by atomic mass is 10.4. The van der Waals surface area contributed by atoms with Crippen molar-refractivity contribution in [2.45, 2.75) is 33.1 Å². The van der Waals surface area contributed by atoms with Gasteiger partial charge in [0, 0.05) is 44.7 Å². The number of likely N-dealkylation sites (N-methyl/N-ethyl adjacent to an activating group) is 1. The molecule has 8 heteroatoms. The smallest absolute Gasteiger partial charge is 0.243 e. The molecule has 1 aromatic heterocycles. The standard InChI is InChI=1S/C15H27N5OS.HI/c1-5-8-16-15(19-11-14(21)20(3)4)17-9-7-13-18-10-12(6-2)22-13;/h10H,5-9,11H2,1-4H3,(H2,16,17,19);1H. The first-order valence-electron chi connectivity index (χ1n) is 7.72. The first kappa shape index (κ1) is 22.1. The molecule has 1 rings (SSSR count). The van der Waals surface area contributed by atoms with Crippen LogP contribution in [0.2, 0.25) is 0 Å². The van der Waals surface area contributed by atoms with E-state index >= 15 is 0 Å². The fourth-order valence-corrected chi connectivity index (χ4v) is 2.48. The van der Waals surface area contributed by atoms with Gasteiger partial charge in [-0.05, 0) is 12.8 Å². The Labute approximate surface area is 160 Å². The van der Waals surface area contributed by atoms with Gasteiger partial charge < -0.3 is 15.5 Å². The van der Waals surface area contributed by atoms with Crippen LogP contribution in [0.15, 0.2) is 11.2 Å². The maximum absolute atomic E-state index is 11.6. The average Bonchev–Trinajstić information content (AvgIpc) is 2.96. The van der Waals surface area contributed by atoms with Gasteiger partial charge in [-0.25, -0.2) is 9.98 Å². The number of carbonyl (C=O) groups excluding carboxylic acids is 1. The monoisotopic (exact) mass is 453 g/mol. The SMILES string of the molecule is CCCNC(=NCC(=O)N(C)C)NCCc1ncc(CC)s1.I. The van der Waals surface area contributed by atoms with E-state index in [2.05, 4.69) is 34.5 Å². The zero-order valence-electron chi connectivity index (χ0n) is 14.4. The predicted octanol–water partition coefficient (Wildman–Crippen LogP) is 1.90. The third-order valence-corrected chi connectivity index (χ3v) is 4.20. The molecule has 1 aromatic rings. The second kappa shape index (κ2) is 12.5. The van der Waals surface area contributed by atoms with Crippen molar-refractivity contribution < 1.29 is 4.79 Å². The third-order valence-electron chi connectivity index (χ3n) is 2.99. The number of halogens is 1. The van der Waals surface area contributed by atoms with E-state index in [-0.39, 0.29) is 36.4 Å². The van der Waals surface area contributed by atoms with Crippen LogP contribution in [-0.4, -0.2) is 55.5 Å². The molecule has 0 unspecified atom stereocenters. The molecule has 0 saturated carbocycles. The van der Waals surface area contributed by atoms with Crippen molar-refractivity contribution in [2.24, 2.45) is 4.99 Å². The van der Waals surface area contributed by atoms with Gasteiger partial charge in [-0.3, -0.25) is 4.79 Å². The molecule has 0 radical (unpaired) electrons. The van der Waals surface area contributed by atoms with Gasteiger partial charge in [-0.15, -0.1) is 35.3 Å². The van der Waals surface area contributed by atoms with Crippen molar-refractivity contribution in [3.63, 3.8) is 0 Å². The lowest BCUT2D eigenvalue weighted by Gasteiger charge is -2.12. The lowest BCUT2D eigenvalue weighted by molar-refractivity contribution is -0.127. The van der Waals surface area contributed by atoms with Gasteiger partial charge in [0.25, 0.3) is 0 Å². The highest BCUT2D eigenvalue weighted by Gasteiger charge is 2.05. The van der Waals surface area contributed by atoms with Crippen LogP contribution in [0.5, 0.6) is 0 Å². The van der Waals surface area contributed by atoms with E-state index in [9.17, 15) is 4.79 Å². The summed E-state index contributed by atoms with van der Waals surface area (Å²) in [6.45, 7) is 5.97. The number of nitrogens with one attached hydrogen (secondary N) is 2. The summed E-state index contributed by atoms with van der Waals surface area (Å²) >= 11 is 1.75. The molecule has 23 heavy (non-hydrogen) atoms. The third kappa shape index (κ3) is 9.09. The summed E-state index contributed by atoms with van der Waals surface area (Å²) in [6.07, 6.45) is 4.84. The summed E-state index contributed by atoms with van der Waals surface area (Å²) in [5.74, 6) is 0.675. The first-order chi connectivity index (χ1) is 10.6. The number of nitrogens with zero attached hydrogens (tertiary/aromatic N) is 3. The molecule has 0 bridgehead atoms. The Bertz CT molecular complexity index is 490. The molecule has 0 aliphatic rings. The van der Waals surface area contributed by atoms with E-state index in [1.165, 1.54) is 4.88 Å². The summed E-state index contributed by atoms with van der Waals surface area (Å²) in [6, 6.07) is 0. The molecule has 0 aliphatic carbocycles. The van der Waals surface area contributed by atoms with Gasteiger partial charge in [0.15, 0.2) is 5.96 Å². The Hall–Kier alpha value is -0.900. The zero-order chi connectivity index (χ0) is 16.4. The van der Waals surface area contributed by atoms with Crippen molar-refractivity contribution in [3.8, 4) is 0 Å². The van der Waals surface area contributed by atoms with E-state index in [1.54, 1.807) is 30.3 Å². The quantitative estimate of drug-likeness (QED) is 0.359. The molecule has 1 amide bonds. The summed E-state index contributed by atoms with van der Waals surface area (Å²) in [7, 11) is 3.47. The van der Waals surface area contributed by atoms with Crippen molar-refractivity contribution in [1.29, 1.82) is 0 Å². The number of rotatable bonds is 8. The minimum Gasteiger partial charge on any atom is -0.356 e. The maximum Gasteiger partial charge on any atom is 0.243 e. The van der Waals surface area contributed by atoms with Crippen molar-refractivity contribution >= 4 is 47.2 Å². The van der Waals surface area contributed by atoms with Crippen LogP contribution in [0.4, 0.5) is 0 Å². The fourth-order valence-electron chi connectivity index (χ4n) is 1.62. The number of carbonyl (C=O) groups is 1. The Morgan fingerprint density at radius 1 is 1.30 bits per heavy atom. The van der Waals surface area contributed by atoms with Crippen molar-refractivity contribution in [2.75, 3.05) is 33.7 Å². The minimum absolute atomic E-state index is 0. The van der Waals surface area contributed by atoms with Crippen LogP contribution >= 0.6 is 35.3 Å². The zero-order valence-corrected chi connectivity index (χ0v) is 17.5. The van der Waals surface area contributed by atoms with Gasteiger partial charge in [0.2, 0.25) is 5.91 Å². The van der Waals surface area contributed by atoms with Crippen LogP contribution in [0, 0.1) is 0 Å². The van der Waals surface area contributed by atoms with Crippen LogP contribution < -0.4 is 10.6 Å². The molecular weight excluding hydrogens is 425 g/mol. The average molecular weight is 453 g/mol. The largest absolute Gasteiger partial charge is 0.356 e. The van der Waals surface area contributed by atoms with E-state index in [1.807, 2.05) is 6.20 Å². The number of guanidine groups is 1. The Balaban J connectivity index is 0.00000484. The normalized spacial score (nSPS) is 10.9. The van der Waals surface area contributed by atoms with Crippen LogP contribution in [-0.2, 0) is 17.6 Å². The van der Waals surface area contributed by atoms with Gasteiger partial charge in [-0.1, -0.05) is 13.8 Å². The first-order valence-corrected chi connectivity index (χ1v) is 8.54. The number of amides is 1. The van der Waals surface area contributed by atoms with Crippen LogP contribution in [0.1, 0.15) is 30.2 Å². The molecule has 0 aliphatic heterocycles. The topological polar surface area (TPSA) is 69.6 Å². The summed E-state index contributed by atoms with van der Waals surface area (Å²) in [4.78, 5) is 23.2. The van der Waals surface area contributed by atoms with Crippen molar-refractivity contribution in [3.05, 3.63) is 16.1 Å². The van der Waals surface area contributed by atoms with Crippen LogP contribution in [0.3, 0.4) is 0 Å². The minimum atomic E-state index is -0.00916. The summed E-state index contributed by atoms with van der Waals surface area (Å²) < 4.78 is 0. The van der Waals surface area contributed by atoms with E-state index in [4.69, 9.17) is 0 Å². The van der Waals surface area contributed by atoms with Crippen LogP contribution in [0.25, 0.3) is 0 Å². The number of thiazole rings is 1. The van der Waals surface area contributed by atoms with Crippen molar-refractivity contribution in [1.82, 2.24) is 20.5 Å². The van der Waals surface area contributed by atoms with E-state index in [0.717, 1.165) is 37.4 Å². The number of aliphatic imine (C=N–C) groups is 1. The molecule has 0 spiro atoms. The van der Waals surface area contributed by atoms with Gasteiger partial charge in [-0.2, -0.15) is 0 Å². The maximum atomic E-state index is 11.6. The summed E-state index contributed by atoms with van der Waals surface area (Å²) in [5.41, 5.74) is 0. The fraction of sp³-hybridized carbons (Fsp3) is 0.667. The highest BCUT2D eigenvalue weighted by atomic mass is 127. The number of aryl methyl sites for hydroxylation is 1. The molecule has 2 N–H and O–H groups in total. The Kier molecular flexibility index (Phi) is 12.0. The highest BCUT2D eigenvalue weighted by Crippen LogP contribution is 2.13. The van der Waals surface area contributed by atoms with E-state index in [0.29, 0.717) is 5.96 Å². The molecule has 0 saturated heterocycles. The molecular formula is C15H28IN5OS. The van der Waals surface area contributed by atoms with Gasteiger partial charge in [0.1, 0.15) is 6.54 Å². The molecule has 0 atom stereocenters. The molecule has 0 fully saturated rings. The second-order valence-corrected chi connectivity index (χ2v) is 6.33. The van der Waals surface area contributed by atoms with E-state index < -0.39 is 0 Å². The Morgan fingerprint density at radius 3 is 2.57 bits per heavy atom. The molecule has 1 heterocycles. The number of hydrogen-bond donors (Lipinski definition) is 2. The van der Waals surface area contributed by atoms with Gasteiger partial charge >= 0.3 is 0 Å². The second-order valence-electron chi connectivity index (χ2n) is 5.13. The number of aromatic nitrogens is 1. The lowest BCUT2D eigenvalue weighted by Crippen LogP contribution is -2.39. The molecule has 6 nitrogen and oxygen atoms in total. The molecule has 132 valence electrons. The number of hydrogen-bond acceptors (Lipinski definition) is 4. The summed E-state index contributed by atoms with van der Waals surface area (Å²) in [5, 5.41) is 7.61. The Morgan fingerprint density at radius 2 is 2.00 bits per heavy atom. The highest BCUT2D eigenvalue weighted by molar-refractivity contribution is 14.0.